The number of halogens is 2. The Kier molecular flexibility index (Phi) is 6.54. The zero-order valence-electron chi connectivity index (χ0n) is 12.9. The number of rotatable bonds is 7. The first-order valence-corrected chi connectivity index (χ1v) is 7.66. The van der Waals surface area contributed by atoms with Gasteiger partial charge < -0.3 is 11.1 Å². The normalized spacial score (nSPS) is 11.5. The standard InChI is InChI=1S/C18H21F2N3/c19-16-11-15(12-17(20)13-16)7-4-9-22-18(21)23-10-8-14-5-2-1-3-6-14/h1-3,5-6,11-13H,4,7-10H2,(H3,21,22,23). The van der Waals surface area contributed by atoms with Gasteiger partial charge in [-0.05, 0) is 42.5 Å². The number of hydrogen-bond acceptors (Lipinski definition) is 1. The van der Waals surface area contributed by atoms with Crippen LogP contribution in [0, 0.1) is 11.6 Å². The highest BCUT2D eigenvalue weighted by Gasteiger charge is 2.00. The van der Waals surface area contributed by atoms with Gasteiger partial charge in [-0.1, -0.05) is 30.3 Å². The third kappa shape index (κ3) is 6.46. The van der Waals surface area contributed by atoms with E-state index in [0.717, 1.165) is 12.5 Å². The van der Waals surface area contributed by atoms with Crippen LogP contribution in [0.25, 0.3) is 0 Å². The van der Waals surface area contributed by atoms with Crippen LogP contribution < -0.4 is 11.1 Å². The first-order valence-electron chi connectivity index (χ1n) is 7.66. The molecule has 0 fully saturated rings. The topological polar surface area (TPSA) is 50.4 Å². The van der Waals surface area contributed by atoms with Crippen LogP contribution in [-0.2, 0) is 12.8 Å². The summed E-state index contributed by atoms with van der Waals surface area (Å²) in [5.41, 5.74) is 7.65. The van der Waals surface area contributed by atoms with Gasteiger partial charge in [-0.3, -0.25) is 4.99 Å². The second-order valence-corrected chi connectivity index (χ2v) is 5.31. The fourth-order valence-corrected chi connectivity index (χ4v) is 2.27. The number of benzene rings is 2. The molecule has 5 heteroatoms. The number of hydrogen-bond donors (Lipinski definition) is 2. The molecule has 0 aliphatic heterocycles. The maximum absolute atomic E-state index is 13.0. The minimum Gasteiger partial charge on any atom is -0.370 e. The average Bonchev–Trinajstić information content (AvgIpc) is 2.52. The van der Waals surface area contributed by atoms with E-state index in [9.17, 15) is 8.78 Å². The van der Waals surface area contributed by atoms with E-state index < -0.39 is 11.6 Å². The van der Waals surface area contributed by atoms with Gasteiger partial charge in [0.1, 0.15) is 11.6 Å². The molecule has 0 bridgehead atoms. The lowest BCUT2D eigenvalue weighted by atomic mass is 10.1. The predicted molar refractivity (Wildman–Crippen MR) is 89.3 cm³/mol. The second-order valence-electron chi connectivity index (χ2n) is 5.31. The van der Waals surface area contributed by atoms with Crippen molar-refractivity contribution in [2.45, 2.75) is 19.3 Å². The zero-order valence-corrected chi connectivity index (χ0v) is 12.9. The number of guanidine groups is 1. The molecule has 122 valence electrons. The Morgan fingerprint density at radius 2 is 1.65 bits per heavy atom. The van der Waals surface area contributed by atoms with E-state index in [2.05, 4.69) is 22.4 Å². The molecule has 0 spiro atoms. The van der Waals surface area contributed by atoms with Crippen molar-refractivity contribution in [1.29, 1.82) is 0 Å². The van der Waals surface area contributed by atoms with Crippen LogP contribution in [0.5, 0.6) is 0 Å². The molecule has 0 aliphatic carbocycles. The Hall–Kier alpha value is -2.43. The molecule has 0 saturated heterocycles. The van der Waals surface area contributed by atoms with Gasteiger partial charge in [0.2, 0.25) is 0 Å². The highest BCUT2D eigenvalue weighted by Crippen LogP contribution is 2.09. The quantitative estimate of drug-likeness (QED) is 0.468. The van der Waals surface area contributed by atoms with Gasteiger partial charge in [0.25, 0.3) is 0 Å². The summed E-state index contributed by atoms with van der Waals surface area (Å²) in [7, 11) is 0. The van der Waals surface area contributed by atoms with Crippen molar-refractivity contribution in [3.63, 3.8) is 0 Å². The van der Waals surface area contributed by atoms with E-state index in [-0.39, 0.29) is 0 Å². The molecule has 2 aromatic carbocycles. The Labute approximate surface area is 135 Å². The van der Waals surface area contributed by atoms with Crippen molar-refractivity contribution in [2.75, 3.05) is 13.1 Å². The van der Waals surface area contributed by atoms with Crippen LogP contribution in [-0.4, -0.2) is 19.0 Å². The van der Waals surface area contributed by atoms with E-state index in [1.54, 1.807) is 0 Å². The smallest absolute Gasteiger partial charge is 0.188 e. The average molecular weight is 317 g/mol. The third-order valence-electron chi connectivity index (χ3n) is 3.39. The van der Waals surface area contributed by atoms with Crippen LogP contribution in [0.1, 0.15) is 17.5 Å². The predicted octanol–water partition coefficient (Wildman–Crippen LogP) is 3.04. The minimum absolute atomic E-state index is 0.395. The minimum atomic E-state index is -0.550. The van der Waals surface area contributed by atoms with Crippen molar-refractivity contribution in [3.05, 3.63) is 71.3 Å². The lowest BCUT2D eigenvalue weighted by molar-refractivity contribution is 0.578. The van der Waals surface area contributed by atoms with Gasteiger partial charge in [0, 0.05) is 19.2 Å². The van der Waals surface area contributed by atoms with Crippen LogP contribution >= 0.6 is 0 Å². The summed E-state index contributed by atoms with van der Waals surface area (Å²) >= 11 is 0. The molecule has 2 rings (SSSR count). The molecule has 0 saturated carbocycles. The molecule has 2 aromatic rings. The number of nitrogens with zero attached hydrogens (tertiary/aromatic N) is 1. The van der Waals surface area contributed by atoms with Crippen molar-refractivity contribution < 1.29 is 8.78 Å². The summed E-state index contributed by atoms with van der Waals surface area (Å²) in [6.45, 7) is 1.23. The molecule has 3 N–H and O–H groups in total. The van der Waals surface area contributed by atoms with Crippen molar-refractivity contribution in [2.24, 2.45) is 10.7 Å². The molecular weight excluding hydrogens is 296 g/mol. The van der Waals surface area contributed by atoms with Gasteiger partial charge >= 0.3 is 0 Å². The molecule has 0 heterocycles. The summed E-state index contributed by atoms with van der Waals surface area (Å²) in [5.74, 6) is -0.706. The van der Waals surface area contributed by atoms with Crippen LogP contribution in [0.3, 0.4) is 0 Å². The van der Waals surface area contributed by atoms with Crippen LogP contribution in [0.15, 0.2) is 53.5 Å². The number of aryl methyl sites for hydroxylation is 1. The van der Waals surface area contributed by atoms with Crippen molar-refractivity contribution >= 4 is 5.96 Å². The van der Waals surface area contributed by atoms with Gasteiger partial charge in [-0.15, -0.1) is 0 Å². The monoisotopic (exact) mass is 317 g/mol. The van der Waals surface area contributed by atoms with Crippen LogP contribution in [0.2, 0.25) is 0 Å². The summed E-state index contributed by atoms with van der Waals surface area (Å²) in [6.07, 6.45) is 2.12. The second kappa shape index (κ2) is 8.88. The maximum atomic E-state index is 13.0. The highest BCUT2D eigenvalue weighted by molar-refractivity contribution is 5.77. The van der Waals surface area contributed by atoms with Gasteiger partial charge in [-0.25, -0.2) is 8.78 Å². The lowest BCUT2D eigenvalue weighted by Gasteiger charge is -2.06. The first kappa shape index (κ1) is 16.9. The largest absolute Gasteiger partial charge is 0.370 e. The number of nitrogens with one attached hydrogen (secondary N) is 1. The molecule has 23 heavy (non-hydrogen) atoms. The summed E-state index contributed by atoms with van der Waals surface area (Å²) in [4.78, 5) is 4.21. The van der Waals surface area contributed by atoms with Crippen molar-refractivity contribution in [3.8, 4) is 0 Å². The summed E-state index contributed by atoms with van der Waals surface area (Å²) < 4.78 is 26.1. The van der Waals surface area contributed by atoms with Gasteiger partial charge in [-0.2, -0.15) is 0 Å². The summed E-state index contributed by atoms with van der Waals surface area (Å²) in [5, 5.41) is 3.06. The van der Waals surface area contributed by atoms with E-state index in [4.69, 9.17) is 5.73 Å². The molecule has 0 atom stereocenters. The summed E-state index contributed by atoms with van der Waals surface area (Å²) in [6, 6.07) is 13.7. The van der Waals surface area contributed by atoms with Crippen LogP contribution in [0.4, 0.5) is 8.78 Å². The van der Waals surface area contributed by atoms with E-state index in [1.165, 1.54) is 17.7 Å². The molecule has 3 nitrogen and oxygen atoms in total. The highest BCUT2D eigenvalue weighted by atomic mass is 19.1. The first-order chi connectivity index (χ1) is 11.1. The molecular formula is C18H21F2N3. The lowest BCUT2D eigenvalue weighted by Crippen LogP contribution is -2.33. The Balaban J connectivity index is 1.66. The van der Waals surface area contributed by atoms with E-state index in [1.807, 2.05) is 18.2 Å². The number of aliphatic imine (C=N–C) groups is 1. The fourth-order valence-electron chi connectivity index (χ4n) is 2.27. The number of nitrogens with two attached hydrogens (primary N) is 1. The Morgan fingerprint density at radius 1 is 0.957 bits per heavy atom. The maximum Gasteiger partial charge on any atom is 0.188 e. The SMILES string of the molecule is NC(=NCCCc1cc(F)cc(F)c1)NCCc1ccccc1. The third-order valence-corrected chi connectivity index (χ3v) is 3.39. The fraction of sp³-hybridized carbons (Fsp3) is 0.278. The molecule has 0 aliphatic rings. The van der Waals surface area contributed by atoms with E-state index in [0.29, 0.717) is 37.5 Å². The van der Waals surface area contributed by atoms with Gasteiger partial charge in [0.05, 0.1) is 0 Å². The Bertz CT molecular complexity index is 622. The Morgan fingerprint density at radius 3 is 2.35 bits per heavy atom. The zero-order chi connectivity index (χ0) is 16.5. The van der Waals surface area contributed by atoms with E-state index >= 15 is 0 Å². The molecule has 0 aromatic heterocycles. The van der Waals surface area contributed by atoms with Gasteiger partial charge in [0.15, 0.2) is 5.96 Å². The molecule has 0 unspecified atom stereocenters. The van der Waals surface area contributed by atoms with Crippen molar-refractivity contribution in [1.82, 2.24) is 5.32 Å². The molecule has 0 radical (unpaired) electrons. The molecule has 0 amide bonds.